The maximum Gasteiger partial charge on any atom is 0.126 e. The number of anilines is 1. The summed E-state index contributed by atoms with van der Waals surface area (Å²) in [6.45, 7) is 2.87. The Morgan fingerprint density at radius 2 is 2.28 bits per heavy atom. The topological polar surface area (TPSA) is 62.3 Å². The molecule has 1 aromatic carbocycles. The van der Waals surface area contributed by atoms with E-state index in [1.165, 1.54) is 0 Å². The first-order chi connectivity index (χ1) is 8.52. The van der Waals surface area contributed by atoms with Gasteiger partial charge in [-0.05, 0) is 41.4 Å². The lowest BCUT2D eigenvalue weighted by Crippen LogP contribution is -2.38. The molecule has 98 valence electrons. The van der Waals surface area contributed by atoms with Gasteiger partial charge in [-0.15, -0.1) is 0 Å². The number of nitrogens with one attached hydrogen (secondary N) is 1. The summed E-state index contributed by atoms with van der Waals surface area (Å²) in [5, 5.41) is 7.72. The summed E-state index contributed by atoms with van der Waals surface area (Å²) in [6.07, 6.45) is 1.20. The molecule has 1 heterocycles. The van der Waals surface area contributed by atoms with E-state index in [-0.39, 0.29) is 11.9 Å². The number of benzene rings is 1. The average Bonchev–Trinajstić information content (AvgIpc) is 2.73. The lowest BCUT2D eigenvalue weighted by molar-refractivity contribution is 0.118. The monoisotopic (exact) mass is 311 g/mol. The molecule has 1 aliphatic rings. The van der Waals surface area contributed by atoms with Gasteiger partial charge in [0.1, 0.15) is 5.84 Å². The molecule has 0 radical (unpaired) electrons. The number of hydrogen-bond acceptors (Lipinski definition) is 3. The third kappa shape index (κ3) is 2.37. The predicted octanol–water partition coefficient (Wildman–Crippen LogP) is 2.35. The Morgan fingerprint density at radius 1 is 1.56 bits per heavy atom. The Kier molecular flexibility index (Phi) is 3.92. The van der Waals surface area contributed by atoms with Gasteiger partial charge in [0.2, 0.25) is 0 Å². The SMILES string of the molecule is CC1OCCC1N(C)c1cccc(Br)c1C(=N)N. The van der Waals surface area contributed by atoms with Gasteiger partial charge >= 0.3 is 0 Å². The molecule has 0 bridgehead atoms. The van der Waals surface area contributed by atoms with Crippen molar-refractivity contribution in [3.63, 3.8) is 0 Å². The van der Waals surface area contributed by atoms with Crippen LogP contribution >= 0.6 is 15.9 Å². The van der Waals surface area contributed by atoms with Gasteiger partial charge in [0, 0.05) is 23.8 Å². The van der Waals surface area contributed by atoms with Crippen molar-refractivity contribution in [1.29, 1.82) is 5.41 Å². The molecule has 0 aromatic heterocycles. The van der Waals surface area contributed by atoms with Gasteiger partial charge in [-0.3, -0.25) is 5.41 Å². The van der Waals surface area contributed by atoms with Gasteiger partial charge in [-0.2, -0.15) is 0 Å². The summed E-state index contributed by atoms with van der Waals surface area (Å²) in [5.41, 5.74) is 7.40. The number of nitrogens with two attached hydrogens (primary N) is 1. The van der Waals surface area contributed by atoms with Crippen molar-refractivity contribution in [2.45, 2.75) is 25.5 Å². The van der Waals surface area contributed by atoms with Gasteiger partial charge in [0.15, 0.2) is 0 Å². The van der Waals surface area contributed by atoms with Crippen LogP contribution in [0.3, 0.4) is 0 Å². The normalized spacial score (nSPS) is 23.1. The van der Waals surface area contributed by atoms with Crippen molar-refractivity contribution >= 4 is 27.5 Å². The van der Waals surface area contributed by atoms with E-state index in [9.17, 15) is 0 Å². The number of nitrogen functional groups attached to an aromatic ring is 1. The number of nitrogens with zero attached hydrogens (tertiary/aromatic N) is 1. The minimum absolute atomic E-state index is 0.0795. The summed E-state index contributed by atoms with van der Waals surface area (Å²) < 4.78 is 6.45. The highest BCUT2D eigenvalue weighted by molar-refractivity contribution is 9.10. The van der Waals surface area contributed by atoms with Crippen molar-refractivity contribution in [1.82, 2.24) is 0 Å². The molecule has 3 N–H and O–H groups in total. The molecule has 5 heteroatoms. The largest absolute Gasteiger partial charge is 0.384 e. The minimum atomic E-state index is 0.0795. The maximum atomic E-state index is 7.72. The summed E-state index contributed by atoms with van der Waals surface area (Å²) in [6, 6.07) is 6.19. The number of likely N-dealkylation sites (N-methyl/N-ethyl adjacent to an activating group) is 1. The van der Waals surface area contributed by atoms with Gasteiger partial charge in [0.05, 0.1) is 17.7 Å². The van der Waals surface area contributed by atoms with E-state index in [1.54, 1.807) is 0 Å². The van der Waals surface area contributed by atoms with E-state index in [0.717, 1.165) is 28.8 Å². The van der Waals surface area contributed by atoms with E-state index in [1.807, 2.05) is 25.2 Å². The van der Waals surface area contributed by atoms with Crippen molar-refractivity contribution in [3.8, 4) is 0 Å². The number of rotatable bonds is 3. The van der Waals surface area contributed by atoms with Crippen molar-refractivity contribution in [3.05, 3.63) is 28.2 Å². The van der Waals surface area contributed by atoms with Gasteiger partial charge in [-0.25, -0.2) is 0 Å². The minimum Gasteiger partial charge on any atom is -0.384 e. The fourth-order valence-electron chi connectivity index (χ4n) is 2.48. The molecule has 1 fully saturated rings. The molecular weight excluding hydrogens is 294 g/mol. The molecule has 2 rings (SSSR count). The van der Waals surface area contributed by atoms with Crippen LogP contribution in [0, 0.1) is 5.41 Å². The molecule has 4 nitrogen and oxygen atoms in total. The van der Waals surface area contributed by atoms with Crippen LogP contribution in [0.1, 0.15) is 18.9 Å². The van der Waals surface area contributed by atoms with Crippen LogP contribution in [0.2, 0.25) is 0 Å². The summed E-state index contributed by atoms with van der Waals surface area (Å²) >= 11 is 3.46. The molecule has 0 aliphatic carbocycles. The standard InChI is InChI=1S/C13H18BrN3O/c1-8-10(6-7-18-8)17(2)11-5-3-4-9(14)12(11)13(15)16/h3-5,8,10H,6-7H2,1-2H3,(H3,15,16). The van der Waals surface area contributed by atoms with Crippen molar-refractivity contribution in [2.75, 3.05) is 18.6 Å². The Hall–Kier alpha value is -1.07. The zero-order valence-electron chi connectivity index (χ0n) is 10.6. The number of amidine groups is 1. The smallest absolute Gasteiger partial charge is 0.126 e. The maximum absolute atomic E-state index is 7.72. The third-order valence-electron chi connectivity index (χ3n) is 3.47. The van der Waals surface area contributed by atoms with Crippen molar-refractivity contribution in [2.24, 2.45) is 5.73 Å². The third-order valence-corrected chi connectivity index (χ3v) is 4.14. The lowest BCUT2D eigenvalue weighted by Gasteiger charge is -2.30. The van der Waals surface area contributed by atoms with Crippen LogP contribution in [0.15, 0.2) is 22.7 Å². The zero-order chi connectivity index (χ0) is 13.3. The Bertz CT molecular complexity index is 464. The van der Waals surface area contributed by atoms with Gasteiger partial charge < -0.3 is 15.4 Å². The second-order valence-electron chi connectivity index (χ2n) is 4.59. The fourth-order valence-corrected chi connectivity index (χ4v) is 3.05. The highest BCUT2D eigenvalue weighted by Gasteiger charge is 2.29. The summed E-state index contributed by atoms with van der Waals surface area (Å²) in [5.74, 6) is 0.0795. The van der Waals surface area contributed by atoms with E-state index in [0.29, 0.717) is 6.04 Å². The van der Waals surface area contributed by atoms with Crippen LogP contribution in [0.25, 0.3) is 0 Å². The van der Waals surface area contributed by atoms with Gasteiger partial charge in [0.25, 0.3) is 0 Å². The Morgan fingerprint density at radius 3 is 2.83 bits per heavy atom. The van der Waals surface area contributed by atoms with Crippen LogP contribution in [-0.4, -0.2) is 31.6 Å². The number of halogens is 1. The molecule has 0 amide bonds. The van der Waals surface area contributed by atoms with Crippen LogP contribution < -0.4 is 10.6 Å². The summed E-state index contributed by atoms with van der Waals surface area (Å²) in [4.78, 5) is 2.17. The van der Waals surface area contributed by atoms with E-state index in [2.05, 4.69) is 27.8 Å². The molecule has 0 saturated carbocycles. The quantitative estimate of drug-likeness (QED) is 0.665. The first-order valence-electron chi connectivity index (χ1n) is 5.99. The second kappa shape index (κ2) is 5.28. The lowest BCUT2D eigenvalue weighted by atomic mass is 10.1. The fraction of sp³-hybridized carbons (Fsp3) is 0.462. The van der Waals surface area contributed by atoms with E-state index >= 15 is 0 Å². The van der Waals surface area contributed by atoms with E-state index < -0.39 is 0 Å². The first-order valence-corrected chi connectivity index (χ1v) is 6.79. The second-order valence-corrected chi connectivity index (χ2v) is 5.44. The van der Waals surface area contributed by atoms with Crippen LogP contribution in [0.4, 0.5) is 5.69 Å². The number of hydrogen-bond donors (Lipinski definition) is 2. The summed E-state index contributed by atoms with van der Waals surface area (Å²) in [7, 11) is 2.03. The Labute approximate surface area is 116 Å². The number of ether oxygens (including phenoxy) is 1. The molecule has 0 spiro atoms. The first kappa shape index (κ1) is 13.4. The highest BCUT2D eigenvalue weighted by Crippen LogP contribution is 2.31. The highest BCUT2D eigenvalue weighted by atomic mass is 79.9. The Balaban J connectivity index is 2.38. The molecular formula is C13H18BrN3O. The molecule has 2 unspecified atom stereocenters. The molecule has 2 atom stereocenters. The van der Waals surface area contributed by atoms with Crippen molar-refractivity contribution < 1.29 is 4.74 Å². The molecule has 18 heavy (non-hydrogen) atoms. The molecule has 1 aromatic rings. The molecule has 1 aliphatic heterocycles. The van der Waals surface area contributed by atoms with Crippen LogP contribution in [0.5, 0.6) is 0 Å². The molecule has 1 saturated heterocycles. The average molecular weight is 312 g/mol. The zero-order valence-corrected chi connectivity index (χ0v) is 12.2. The predicted molar refractivity (Wildman–Crippen MR) is 77.4 cm³/mol. The van der Waals surface area contributed by atoms with Crippen LogP contribution in [-0.2, 0) is 4.74 Å². The van der Waals surface area contributed by atoms with E-state index in [4.69, 9.17) is 15.9 Å². The van der Waals surface area contributed by atoms with Gasteiger partial charge in [-0.1, -0.05) is 6.07 Å².